The number of hydrogen-bond acceptors (Lipinski definition) is 1. The standard InChI is InChI=1S/C6H14BFS/c1-3-6(4-9-7)5(2)8/h5-6H,3-4,7H2,1-2H3/t5-,6+/m1/s1. The van der Waals surface area contributed by atoms with Crippen LogP contribution in [0.2, 0.25) is 0 Å². The molecular formula is C6H14BFS. The SMILES string of the molecule is BSC[C@H](CC)[C@@H](C)F. The van der Waals surface area contributed by atoms with Crippen molar-refractivity contribution < 1.29 is 4.39 Å². The van der Waals surface area contributed by atoms with Gasteiger partial charge in [-0.2, -0.15) is 0 Å². The number of alkyl halides is 1. The molecule has 0 aliphatic rings. The highest BCUT2D eigenvalue weighted by molar-refractivity contribution is 8.19. The zero-order chi connectivity index (χ0) is 7.28. The second-order valence-corrected chi connectivity index (χ2v) is 3.21. The molecule has 2 atom stereocenters. The van der Waals surface area contributed by atoms with Crippen molar-refractivity contribution in [3.8, 4) is 0 Å². The summed E-state index contributed by atoms with van der Waals surface area (Å²) >= 11 is 1.72. The molecule has 0 aromatic heterocycles. The molecule has 0 aromatic rings. The second-order valence-electron chi connectivity index (χ2n) is 2.30. The fourth-order valence-electron chi connectivity index (χ4n) is 0.789. The quantitative estimate of drug-likeness (QED) is 0.546. The number of hydrogen-bond donors (Lipinski definition) is 0. The van der Waals surface area contributed by atoms with Gasteiger partial charge in [0.05, 0.1) is 0 Å². The van der Waals surface area contributed by atoms with Crippen molar-refractivity contribution >= 4 is 18.7 Å². The summed E-state index contributed by atoms with van der Waals surface area (Å²) in [6, 6.07) is 0. The maximum Gasteiger partial charge on any atom is 0.173 e. The monoisotopic (exact) mass is 148 g/mol. The van der Waals surface area contributed by atoms with Gasteiger partial charge in [-0.15, -0.1) is 0 Å². The summed E-state index contributed by atoms with van der Waals surface area (Å²) in [6.07, 6.45) is 0.320. The third-order valence-corrected chi connectivity index (χ3v) is 2.32. The molecule has 0 rings (SSSR count). The Hall–Kier alpha value is 0.345. The van der Waals surface area contributed by atoms with Crippen LogP contribution in [0.3, 0.4) is 0 Å². The van der Waals surface area contributed by atoms with E-state index in [1.54, 1.807) is 18.5 Å². The highest BCUT2D eigenvalue weighted by atomic mass is 32.2. The van der Waals surface area contributed by atoms with Crippen LogP contribution in [0.1, 0.15) is 20.3 Å². The Morgan fingerprint density at radius 1 is 1.67 bits per heavy atom. The lowest BCUT2D eigenvalue weighted by Gasteiger charge is -2.13. The minimum absolute atomic E-state index is 0.264. The van der Waals surface area contributed by atoms with Crippen LogP contribution < -0.4 is 0 Å². The molecule has 9 heavy (non-hydrogen) atoms. The molecule has 0 aliphatic carbocycles. The lowest BCUT2D eigenvalue weighted by molar-refractivity contribution is 0.263. The van der Waals surface area contributed by atoms with Crippen molar-refractivity contribution in [1.29, 1.82) is 0 Å². The summed E-state index contributed by atoms with van der Waals surface area (Å²) < 4.78 is 12.5. The molecule has 0 nitrogen and oxygen atoms in total. The maximum atomic E-state index is 12.5. The first kappa shape index (κ1) is 9.34. The van der Waals surface area contributed by atoms with Gasteiger partial charge in [0.15, 0.2) is 7.12 Å². The summed E-state index contributed by atoms with van der Waals surface area (Å²) in [7, 11) is 2.02. The van der Waals surface area contributed by atoms with Crippen molar-refractivity contribution in [1.82, 2.24) is 0 Å². The number of rotatable bonds is 4. The van der Waals surface area contributed by atoms with Crippen molar-refractivity contribution in [2.75, 3.05) is 5.75 Å². The van der Waals surface area contributed by atoms with Crippen LogP contribution in [0.5, 0.6) is 0 Å². The van der Waals surface area contributed by atoms with Crippen molar-refractivity contribution in [3.05, 3.63) is 0 Å². The predicted molar refractivity (Wildman–Crippen MR) is 45.4 cm³/mol. The van der Waals surface area contributed by atoms with E-state index in [1.807, 2.05) is 14.0 Å². The average Bonchev–Trinajstić information content (AvgIpc) is 1.82. The molecule has 0 saturated heterocycles. The molecule has 0 N–H and O–H groups in total. The Balaban J connectivity index is 3.41. The van der Waals surface area contributed by atoms with Crippen LogP contribution in [-0.4, -0.2) is 19.0 Å². The highest BCUT2D eigenvalue weighted by Gasteiger charge is 2.12. The maximum absolute atomic E-state index is 12.5. The summed E-state index contributed by atoms with van der Waals surface area (Å²) in [5, 5.41) is 0. The van der Waals surface area contributed by atoms with Gasteiger partial charge in [-0.3, -0.25) is 0 Å². The zero-order valence-corrected chi connectivity index (χ0v) is 7.17. The zero-order valence-electron chi connectivity index (χ0n) is 6.36. The largest absolute Gasteiger partial charge is 0.247 e. The van der Waals surface area contributed by atoms with Crippen LogP contribution >= 0.6 is 11.6 Å². The third-order valence-electron chi connectivity index (χ3n) is 1.55. The topological polar surface area (TPSA) is 0 Å². The molecule has 0 aromatic carbocycles. The van der Waals surface area contributed by atoms with Crippen molar-refractivity contribution in [3.63, 3.8) is 0 Å². The van der Waals surface area contributed by atoms with Gasteiger partial charge in [-0.25, -0.2) is 16.0 Å². The lowest BCUT2D eigenvalue weighted by Crippen LogP contribution is -2.13. The van der Waals surface area contributed by atoms with Crippen molar-refractivity contribution in [2.24, 2.45) is 5.92 Å². The van der Waals surface area contributed by atoms with Crippen LogP contribution in [0, 0.1) is 5.92 Å². The minimum Gasteiger partial charge on any atom is -0.247 e. The summed E-state index contributed by atoms with van der Waals surface area (Å²) in [5.74, 6) is 1.22. The first-order chi connectivity index (χ1) is 4.22. The Morgan fingerprint density at radius 3 is 2.33 bits per heavy atom. The van der Waals surface area contributed by atoms with Gasteiger partial charge in [-0.05, 0) is 25.0 Å². The lowest BCUT2D eigenvalue weighted by atomic mass is 10.1. The highest BCUT2D eigenvalue weighted by Crippen LogP contribution is 2.15. The van der Waals surface area contributed by atoms with Gasteiger partial charge in [0.2, 0.25) is 0 Å². The fourth-order valence-corrected chi connectivity index (χ4v) is 1.72. The molecule has 0 heterocycles. The van der Waals surface area contributed by atoms with Crippen LogP contribution in [0.25, 0.3) is 0 Å². The van der Waals surface area contributed by atoms with Gasteiger partial charge in [0.1, 0.15) is 6.17 Å². The minimum atomic E-state index is -0.637. The molecule has 0 radical (unpaired) electrons. The van der Waals surface area contributed by atoms with Gasteiger partial charge in [0, 0.05) is 0 Å². The summed E-state index contributed by atoms with van der Waals surface area (Å²) in [4.78, 5) is 0. The van der Waals surface area contributed by atoms with Gasteiger partial charge in [0.25, 0.3) is 0 Å². The van der Waals surface area contributed by atoms with Gasteiger partial charge >= 0.3 is 0 Å². The number of halogens is 1. The molecule has 0 bridgehead atoms. The van der Waals surface area contributed by atoms with E-state index >= 15 is 0 Å². The van der Waals surface area contributed by atoms with Gasteiger partial charge < -0.3 is 0 Å². The Labute approximate surface area is 61.9 Å². The molecule has 3 heteroatoms. The molecule has 54 valence electrons. The fraction of sp³-hybridized carbons (Fsp3) is 1.00. The van der Waals surface area contributed by atoms with E-state index in [0.29, 0.717) is 0 Å². The van der Waals surface area contributed by atoms with E-state index in [0.717, 1.165) is 12.2 Å². The first-order valence-electron chi connectivity index (χ1n) is 3.35. The average molecular weight is 148 g/mol. The molecule has 0 aliphatic heterocycles. The van der Waals surface area contributed by atoms with E-state index in [9.17, 15) is 4.39 Å². The van der Waals surface area contributed by atoms with E-state index < -0.39 is 6.17 Å². The molecule has 0 fully saturated rings. The molecular weight excluding hydrogens is 134 g/mol. The molecule has 0 saturated carbocycles. The Kier molecular flexibility index (Phi) is 5.35. The molecule has 0 unspecified atom stereocenters. The third kappa shape index (κ3) is 3.85. The molecule has 0 amide bonds. The van der Waals surface area contributed by atoms with Crippen LogP contribution in [0.15, 0.2) is 0 Å². The second kappa shape index (κ2) is 5.16. The Morgan fingerprint density at radius 2 is 2.22 bits per heavy atom. The first-order valence-corrected chi connectivity index (χ1v) is 4.74. The van der Waals surface area contributed by atoms with E-state index in [-0.39, 0.29) is 5.92 Å². The predicted octanol–water partition coefficient (Wildman–Crippen LogP) is 1.65. The Bertz CT molecular complexity index is 68.1. The van der Waals surface area contributed by atoms with E-state index in [1.165, 1.54) is 0 Å². The van der Waals surface area contributed by atoms with Crippen LogP contribution in [0.4, 0.5) is 4.39 Å². The van der Waals surface area contributed by atoms with Crippen LogP contribution in [-0.2, 0) is 0 Å². The van der Waals surface area contributed by atoms with Gasteiger partial charge in [-0.1, -0.05) is 6.92 Å². The molecule has 0 spiro atoms. The smallest absolute Gasteiger partial charge is 0.173 e. The summed E-state index contributed by atoms with van der Waals surface area (Å²) in [6.45, 7) is 3.68. The van der Waals surface area contributed by atoms with E-state index in [4.69, 9.17) is 0 Å². The van der Waals surface area contributed by atoms with E-state index in [2.05, 4.69) is 0 Å². The summed E-state index contributed by atoms with van der Waals surface area (Å²) in [5.41, 5.74) is 0. The van der Waals surface area contributed by atoms with Crippen molar-refractivity contribution in [2.45, 2.75) is 26.4 Å². The normalized spacial score (nSPS) is 17.2.